The lowest BCUT2D eigenvalue weighted by molar-refractivity contribution is 0.0679. The first kappa shape index (κ1) is 14.6. The van der Waals surface area contributed by atoms with Crippen molar-refractivity contribution in [3.63, 3.8) is 0 Å². The second-order valence-electron chi connectivity index (χ2n) is 6.56. The van der Waals surface area contributed by atoms with Gasteiger partial charge in [0.1, 0.15) is 0 Å². The fourth-order valence-corrected chi connectivity index (χ4v) is 3.86. The second-order valence-corrected chi connectivity index (χ2v) is 6.56. The minimum absolute atomic E-state index is 0.252. The fourth-order valence-electron chi connectivity index (χ4n) is 3.86. The smallest absolute Gasteiger partial charge is 0.0729 e. The molecule has 1 heterocycles. The Kier molecular flexibility index (Phi) is 4.29. The first-order chi connectivity index (χ1) is 10.2. The Bertz CT molecular complexity index is 604. The minimum atomic E-state index is -0.252. The van der Waals surface area contributed by atoms with Gasteiger partial charge in [-0.1, -0.05) is 44.4 Å². The summed E-state index contributed by atoms with van der Waals surface area (Å²) < 4.78 is 1.92. The van der Waals surface area contributed by atoms with Gasteiger partial charge < -0.3 is 5.11 Å². The lowest BCUT2D eigenvalue weighted by Crippen LogP contribution is -2.28. The van der Waals surface area contributed by atoms with Crippen LogP contribution in [0.15, 0.2) is 24.3 Å². The van der Waals surface area contributed by atoms with Gasteiger partial charge in [0.2, 0.25) is 0 Å². The van der Waals surface area contributed by atoms with Gasteiger partial charge in [-0.25, -0.2) is 0 Å². The summed E-state index contributed by atoms with van der Waals surface area (Å²) in [5.41, 5.74) is 2.19. The Hall–Kier alpha value is -1.35. The van der Waals surface area contributed by atoms with Crippen LogP contribution >= 0.6 is 0 Å². The van der Waals surface area contributed by atoms with Crippen molar-refractivity contribution < 1.29 is 5.11 Å². The lowest BCUT2D eigenvalue weighted by atomic mass is 9.77. The van der Waals surface area contributed by atoms with Gasteiger partial charge in [0.15, 0.2) is 0 Å². The average molecular weight is 286 g/mol. The van der Waals surface area contributed by atoms with Crippen LogP contribution in [0.4, 0.5) is 0 Å². The second kappa shape index (κ2) is 6.18. The molecule has 1 N–H and O–H groups in total. The molecule has 3 heteroatoms. The molecule has 0 aliphatic heterocycles. The molecule has 21 heavy (non-hydrogen) atoms. The monoisotopic (exact) mass is 286 g/mol. The summed E-state index contributed by atoms with van der Waals surface area (Å²) in [6, 6.07) is 8.29. The molecule has 2 aromatic rings. The number of rotatable bonds is 4. The maximum absolute atomic E-state index is 10.7. The summed E-state index contributed by atoms with van der Waals surface area (Å²) in [5.74, 6) is 1.25. The van der Waals surface area contributed by atoms with E-state index in [1.165, 1.54) is 37.5 Å². The molecule has 1 fully saturated rings. The zero-order valence-electron chi connectivity index (χ0n) is 13.1. The summed E-state index contributed by atoms with van der Waals surface area (Å²) in [7, 11) is 1.98. The first-order valence-corrected chi connectivity index (χ1v) is 8.27. The normalized spacial score (nSPS) is 24.3. The van der Waals surface area contributed by atoms with Crippen molar-refractivity contribution in [3.05, 3.63) is 30.0 Å². The summed E-state index contributed by atoms with van der Waals surface area (Å²) >= 11 is 0. The van der Waals surface area contributed by atoms with Crippen molar-refractivity contribution in [1.82, 2.24) is 9.78 Å². The van der Waals surface area contributed by atoms with E-state index in [4.69, 9.17) is 0 Å². The topological polar surface area (TPSA) is 38.1 Å². The van der Waals surface area contributed by atoms with Crippen LogP contribution in [0.5, 0.6) is 0 Å². The maximum atomic E-state index is 10.7. The van der Waals surface area contributed by atoms with Crippen LogP contribution in [0.3, 0.4) is 0 Å². The van der Waals surface area contributed by atoms with Crippen LogP contribution in [0.1, 0.15) is 44.7 Å². The van der Waals surface area contributed by atoms with Crippen molar-refractivity contribution in [2.75, 3.05) is 0 Å². The summed E-state index contributed by atoms with van der Waals surface area (Å²) in [6.07, 6.45) is 6.64. The molecule has 0 saturated heterocycles. The van der Waals surface area contributed by atoms with Crippen LogP contribution in [0.2, 0.25) is 0 Å². The zero-order valence-corrected chi connectivity index (χ0v) is 13.1. The number of aliphatic hydroxyl groups excluding tert-OH is 1. The number of aromatic nitrogens is 2. The van der Waals surface area contributed by atoms with Gasteiger partial charge in [-0.05, 0) is 30.7 Å². The van der Waals surface area contributed by atoms with Crippen LogP contribution in [0.25, 0.3) is 10.9 Å². The molecule has 1 aliphatic carbocycles. The van der Waals surface area contributed by atoms with Crippen molar-refractivity contribution in [1.29, 1.82) is 0 Å². The molecule has 1 aromatic carbocycles. The number of hydrogen-bond donors (Lipinski definition) is 1. The standard InChI is InChI=1S/C18H26N2O/c1-3-13-7-6-8-14(11-13)18(21)12-16-15-9-4-5-10-17(15)20(2)19-16/h4-5,9-10,13-14,18,21H,3,6-8,11-12H2,1-2H3. The summed E-state index contributed by atoms with van der Waals surface area (Å²) in [6.45, 7) is 2.27. The molecule has 1 aliphatic rings. The van der Waals surface area contributed by atoms with Crippen LogP contribution in [-0.2, 0) is 13.5 Å². The molecule has 3 nitrogen and oxygen atoms in total. The van der Waals surface area contributed by atoms with Gasteiger partial charge in [-0.15, -0.1) is 0 Å². The lowest BCUT2D eigenvalue weighted by Gasteiger charge is -2.31. The van der Waals surface area contributed by atoms with Crippen LogP contribution in [-0.4, -0.2) is 21.0 Å². The molecule has 1 aromatic heterocycles. The van der Waals surface area contributed by atoms with Gasteiger partial charge in [0, 0.05) is 18.9 Å². The van der Waals surface area contributed by atoms with Gasteiger partial charge in [0.05, 0.1) is 17.3 Å². The Morgan fingerprint density at radius 3 is 2.95 bits per heavy atom. The molecule has 0 bridgehead atoms. The SMILES string of the molecule is CCC1CCCC(C(O)Cc2nn(C)c3ccccc23)C1. The van der Waals surface area contributed by atoms with Crippen LogP contribution < -0.4 is 0 Å². The molecule has 0 spiro atoms. The molecule has 3 unspecified atom stereocenters. The van der Waals surface area contributed by atoms with E-state index in [1.807, 2.05) is 23.9 Å². The van der Waals surface area contributed by atoms with E-state index in [2.05, 4.69) is 24.2 Å². The number of nitrogens with zero attached hydrogens (tertiary/aromatic N) is 2. The highest BCUT2D eigenvalue weighted by molar-refractivity contribution is 5.81. The third-order valence-corrected chi connectivity index (χ3v) is 5.18. The van der Waals surface area contributed by atoms with Gasteiger partial charge in [-0.3, -0.25) is 4.68 Å². The minimum Gasteiger partial charge on any atom is -0.392 e. The molecule has 1 saturated carbocycles. The number of hydrogen-bond acceptors (Lipinski definition) is 2. The molecular weight excluding hydrogens is 260 g/mol. The van der Waals surface area contributed by atoms with Crippen molar-refractivity contribution in [2.24, 2.45) is 18.9 Å². The highest BCUT2D eigenvalue weighted by atomic mass is 16.3. The van der Waals surface area contributed by atoms with Gasteiger partial charge in [-0.2, -0.15) is 5.10 Å². The molecule has 0 amide bonds. The predicted octanol–water partition coefficient (Wildman–Crippen LogP) is 3.69. The largest absolute Gasteiger partial charge is 0.392 e. The zero-order chi connectivity index (χ0) is 14.8. The van der Waals surface area contributed by atoms with Crippen molar-refractivity contribution in [2.45, 2.75) is 51.6 Å². The fraction of sp³-hybridized carbons (Fsp3) is 0.611. The molecule has 3 rings (SSSR count). The van der Waals surface area contributed by atoms with Crippen LogP contribution in [0, 0.1) is 11.8 Å². The molecule has 114 valence electrons. The Balaban J connectivity index is 1.75. The Labute approximate surface area is 127 Å². The number of aliphatic hydroxyl groups is 1. The molecule has 3 atom stereocenters. The van der Waals surface area contributed by atoms with E-state index < -0.39 is 0 Å². The van der Waals surface area contributed by atoms with Crippen molar-refractivity contribution >= 4 is 10.9 Å². The number of aryl methyl sites for hydroxylation is 1. The number of benzene rings is 1. The Morgan fingerprint density at radius 1 is 1.33 bits per heavy atom. The highest BCUT2D eigenvalue weighted by Crippen LogP contribution is 2.34. The highest BCUT2D eigenvalue weighted by Gasteiger charge is 2.27. The maximum Gasteiger partial charge on any atom is 0.0729 e. The quantitative estimate of drug-likeness (QED) is 0.930. The number of para-hydroxylation sites is 1. The molecular formula is C18H26N2O. The summed E-state index contributed by atoms with van der Waals surface area (Å²) in [5, 5.41) is 16.5. The van der Waals surface area contributed by atoms with E-state index in [0.29, 0.717) is 12.3 Å². The van der Waals surface area contributed by atoms with Gasteiger partial charge >= 0.3 is 0 Å². The van der Waals surface area contributed by atoms with E-state index in [0.717, 1.165) is 17.1 Å². The first-order valence-electron chi connectivity index (χ1n) is 8.27. The van der Waals surface area contributed by atoms with E-state index in [9.17, 15) is 5.11 Å². The van der Waals surface area contributed by atoms with E-state index in [1.54, 1.807) is 0 Å². The summed E-state index contributed by atoms with van der Waals surface area (Å²) in [4.78, 5) is 0. The van der Waals surface area contributed by atoms with E-state index in [-0.39, 0.29) is 6.10 Å². The Morgan fingerprint density at radius 2 is 2.14 bits per heavy atom. The average Bonchev–Trinajstić information content (AvgIpc) is 2.84. The van der Waals surface area contributed by atoms with Crippen molar-refractivity contribution in [3.8, 4) is 0 Å². The predicted molar refractivity (Wildman–Crippen MR) is 86.2 cm³/mol. The van der Waals surface area contributed by atoms with Gasteiger partial charge in [0.25, 0.3) is 0 Å². The molecule has 0 radical (unpaired) electrons. The number of fused-ring (bicyclic) bond motifs is 1. The third kappa shape index (κ3) is 2.98. The third-order valence-electron chi connectivity index (χ3n) is 5.18. The van der Waals surface area contributed by atoms with E-state index >= 15 is 0 Å².